The fourth-order valence-corrected chi connectivity index (χ4v) is 1.35. The number of pyridine rings is 1. The van der Waals surface area contributed by atoms with E-state index in [9.17, 15) is 5.21 Å². The molecule has 0 N–H and O–H groups in total. The van der Waals surface area contributed by atoms with Crippen LogP contribution in [0.3, 0.4) is 0 Å². The Morgan fingerprint density at radius 1 is 1.29 bits per heavy atom. The van der Waals surface area contributed by atoms with Gasteiger partial charge >= 0.3 is 0 Å². The topological polar surface area (TPSA) is 36.2 Å². The summed E-state index contributed by atoms with van der Waals surface area (Å²) in [4.78, 5) is 0. The lowest BCUT2D eigenvalue weighted by Crippen LogP contribution is -2.23. The van der Waals surface area contributed by atoms with Gasteiger partial charge in [-0.25, -0.2) is 0 Å². The maximum Gasteiger partial charge on any atom is 0.191 e. The first-order valence-corrected chi connectivity index (χ1v) is 3.97. The van der Waals surface area contributed by atoms with E-state index in [4.69, 9.17) is 4.74 Å². The molecular weight excluding hydrogens is 202 g/mol. The number of halogens is 1. The predicted molar refractivity (Wildman–Crippen MR) is 56.7 cm³/mol. The Kier molecular flexibility index (Phi) is 3.14. The van der Waals surface area contributed by atoms with Gasteiger partial charge in [0.15, 0.2) is 12.4 Å². The van der Waals surface area contributed by atoms with E-state index < -0.39 is 0 Å². The lowest BCUT2D eigenvalue weighted by atomic mass is 10.1. The highest BCUT2D eigenvalue weighted by Gasteiger charge is 2.03. The third kappa shape index (κ3) is 1.72. The Bertz CT molecular complexity index is 445. The van der Waals surface area contributed by atoms with Crippen LogP contribution in [-0.4, -0.2) is 7.11 Å². The molecule has 0 amide bonds. The molecule has 0 atom stereocenters. The second kappa shape index (κ2) is 4.15. The monoisotopic (exact) mass is 211 g/mol. The third-order valence-corrected chi connectivity index (χ3v) is 1.98. The van der Waals surface area contributed by atoms with E-state index in [1.54, 1.807) is 13.2 Å². The van der Waals surface area contributed by atoms with Crippen molar-refractivity contribution in [3.63, 3.8) is 0 Å². The molecule has 0 bridgehead atoms. The maximum atomic E-state index is 11.0. The maximum absolute atomic E-state index is 11.0. The number of aromatic nitrogens is 1. The number of ether oxygens (including phenoxy) is 1. The van der Waals surface area contributed by atoms with Gasteiger partial charge in [-0.2, -0.15) is 4.73 Å². The lowest BCUT2D eigenvalue weighted by molar-refractivity contribution is -0.603. The van der Waals surface area contributed by atoms with Crippen LogP contribution in [-0.2, 0) is 0 Å². The van der Waals surface area contributed by atoms with Gasteiger partial charge in [-0.1, -0.05) is 12.1 Å². The standard InChI is InChI=1S/C10H9NO2.ClH/c1-13-10-4-2-3-8-5-6-11(12)7-9(8)10;/h2-7H,1H3;1H. The second-order valence-corrected chi connectivity index (χ2v) is 2.77. The zero-order valence-electron chi connectivity index (χ0n) is 7.64. The van der Waals surface area contributed by atoms with Crippen LogP contribution in [0.2, 0.25) is 0 Å². The average Bonchev–Trinajstić information content (AvgIpc) is 2.17. The Labute approximate surface area is 87.9 Å². The van der Waals surface area contributed by atoms with Crippen molar-refractivity contribution in [3.05, 3.63) is 41.9 Å². The van der Waals surface area contributed by atoms with Crippen LogP contribution in [0.15, 0.2) is 36.7 Å². The molecule has 74 valence electrons. The summed E-state index contributed by atoms with van der Waals surface area (Å²) in [6.07, 6.45) is 2.98. The third-order valence-electron chi connectivity index (χ3n) is 1.98. The molecule has 1 aromatic carbocycles. The van der Waals surface area contributed by atoms with Gasteiger partial charge in [-0.05, 0) is 11.5 Å². The molecule has 1 aromatic heterocycles. The number of methoxy groups -OCH3 is 1. The molecule has 0 saturated heterocycles. The van der Waals surface area contributed by atoms with Gasteiger partial charge < -0.3 is 9.94 Å². The summed E-state index contributed by atoms with van der Waals surface area (Å²) in [5, 5.41) is 12.9. The molecule has 1 heterocycles. The fraction of sp³-hybridized carbons (Fsp3) is 0.100. The van der Waals surface area contributed by atoms with E-state index in [1.807, 2.05) is 18.2 Å². The first kappa shape index (κ1) is 10.6. The largest absolute Gasteiger partial charge is 0.619 e. The minimum atomic E-state index is 0. The minimum absolute atomic E-state index is 0. The van der Waals surface area contributed by atoms with Crippen LogP contribution in [0.5, 0.6) is 5.75 Å². The highest BCUT2D eigenvalue weighted by atomic mass is 35.5. The van der Waals surface area contributed by atoms with E-state index in [0.29, 0.717) is 0 Å². The van der Waals surface area contributed by atoms with E-state index in [0.717, 1.165) is 21.3 Å². The summed E-state index contributed by atoms with van der Waals surface area (Å²) >= 11 is 0. The van der Waals surface area contributed by atoms with Gasteiger partial charge in [0.2, 0.25) is 0 Å². The van der Waals surface area contributed by atoms with Gasteiger partial charge in [0.1, 0.15) is 5.75 Å². The molecule has 2 aromatic rings. The zero-order valence-corrected chi connectivity index (χ0v) is 8.45. The van der Waals surface area contributed by atoms with Crippen LogP contribution in [0, 0.1) is 5.21 Å². The molecule has 2 rings (SSSR count). The molecule has 0 fully saturated rings. The van der Waals surface area contributed by atoms with Crippen molar-refractivity contribution in [3.8, 4) is 5.75 Å². The van der Waals surface area contributed by atoms with Gasteiger partial charge in [-0.3, -0.25) is 0 Å². The SMILES string of the molecule is COc1cccc2cc[n+]([O-])cc12.Cl. The van der Waals surface area contributed by atoms with Gasteiger partial charge in [-0.15, -0.1) is 12.4 Å². The predicted octanol–water partition coefficient (Wildman–Crippen LogP) is 1.90. The summed E-state index contributed by atoms with van der Waals surface area (Å²) in [6, 6.07) is 7.45. The number of rotatable bonds is 1. The van der Waals surface area contributed by atoms with Crippen molar-refractivity contribution >= 4 is 23.2 Å². The minimum Gasteiger partial charge on any atom is -0.619 e. The Hall–Kier alpha value is -1.48. The van der Waals surface area contributed by atoms with Crippen molar-refractivity contribution in [1.82, 2.24) is 0 Å². The molecule has 0 unspecified atom stereocenters. The van der Waals surface area contributed by atoms with Crippen LogP contribution in [0.4, 0.5) is 0 Å². The van der Waals surface area contributed by atoms with Crippen molar-refractivity contribution < 1.29 is 9.47 Å². The van der Waals surface area contributed by atoms with Crippen molar-refractivity contribution in [2.45, 2.75) is 0 Å². The van der Waals surface area contributed by atoms with Crippen molar-refractivity contribution in [1.29, 1.82) is 0 Å². The van der Waals surface area contributed by atoms with Crippen LogP contribution in [0.25, 0.3) is 10.8 Å². The summed E-state index contributed by atoms with van der Waals surface area (Å²) in [6.45, 7) is 0. The molecule has 0 radical (unpaired) electrons. The van der Waals surface area contributed by atoms with Crippen molar-refractivity contribution in [2.24, 2.45) is 0 Å². The van der Waals surface area contributed by atoms with Gasteiger partial charge in [0.05, 0.1) is 12.5 Å². The smallest absolute Gasteiger partial charge is 0.191 e. The first-order chi connectivity index (χ1) is 6.31. The van der Waals surface area contributed by atoms with E-state index >= 15 is 0 Å². The molecule has 4 heteroatoms. The summed E-state index contributed by atoms with van der Waals surface area (Å²) in [7, 11) is 1.59. The summed E-state index contributed by atoms with van der Waals surface area (Å²) in [5.41, 5.74) is 0. The van der Waals surface area contributed by atoms with E-state index in [1.165, 1.54) is 12.4 Å². The summed E-state index contributed by atoms with van der Waals surface area (Å²) in [5.74, 6) is 0.725. The Balaban J connectivity index is 0.000000980. The molecule has 0 aliphatic carbocycles. The van der Waals surface area contributed by atoms with Gasteiger partial charge in [0.25, 0.3) is 0 Å². The molecule has 0 aliphatic rings. The second-order valence-electron chi connectivity index (χ2n) is 2.77. The average molecular weight is 212 g/mol. The molecule has 3 nitrogen and oxygen atoms in total. The zero-order chi connectivity index (χ0) is 9.26. The highest BCUT2D eigenvalue weighted by Crippen LogP contribution is 2.22. The first-order valence-electron chi connectivity index (χ1n) is 3.97. The van der Waals surface area contributed by atoms with Crippen LogP contribution >= 0.6 is 12.4 Å². The Morgan fingerprint density at radius 2 is 2.07 bits per heavy atom. The van der Waals surface area contributed by atoms with Crippen LogP contribution < -0.4 is 9.47 Å². The fourth-order valence-electron chi connectivity index (χ4n) is 1.35. The molecule has 0 saturated carbocycles. The summed E-state index contributed by atoms with van der Waals surface area (Å²) < 4.78 is 5.90. The normalized spacial score (nSPS) is 9.50. The van der Waals surface area contributed by atoms with Crippen LogP contribution in [0.1, 0.15) is 0 Å². The molecule has 14 heavy (non-hydrogen) atoms. The molecule has 0 spiro atoms. The number of hydrogen-bond donors (Lipinski definition) is 0. The number of fused-ring (bicyclic) bond motifs is 1. The highest BCUT2D eigenvalue weighted by molar-refractivity contribution is 5.86. The van der Waals surface area contributed by atoms with Gasteiger partial charge in [0, 0.05) is 6.07 Å². The molecular formula is C10H10ClNO2. The number of hydrogen-bond acceptors (Lipinski definition) is 2. The van der Waals surface area contributed by atoms with E-state index in [-0.39, 0.29) is 12.4 Å². The number of benzene rings is 1. The Morgan fingerprint density at radius 3 is 2.79 bits per heavy atom. The van der Waals surface area contributed by atoms with Crippen molar-refractivity contribution in [2.75, 3.05) is 7.11 Å². The molecule has 0 aliphatic heterocycles. The lowest BCUT2D eigenvalue weighted by Gasteiger charge is -2.03. The quantitative estimate of drug-likeness (QED) is 0.534. The number of nitrogens with zero attached hydrogens (tertiary/aromatic N) is 1. The van der Waals surface area contributed by atoms with E-state index in [2.05, 4.69) is 0 Å².